The van der Waals surface area contributed by atoms with Gasteiger partial charge < -0.3 is 20.7 Å². The maximum Gasteiger partial charge on any atom is 0.122 e. The fraction of sp³-hybridized carbons (Fsp3) is 0.538. The summed E-state index contributed by atoms with van der Waals surface area (Å²) in [6.07, 6.45) is -0.377. The summed E-state index contributed by atoms with van der Waals surface area (Å²) in [4.78, 5) is 0. The second-order valence-electron chi connectivity index (χ2n) is 4.23. The third kappa shape index (κ3) is 2.97. The quantitative estimate of drug-likeness (QED) is 0.718. The zero-order valence-electron chi connectivity index (χ0n) is 10.6. The Bertz CT molecular complexity index is 379. The van der Waals surface area contributed by atoms with E-state index in [0.717, 1.165) is 22.4 Å². The predicted molar refractivity (Wildman–Crippen MR) is 67.1 cm³/mol. The molecule has 1 rings (SSSR count). The van der Waals surface area contributed by atoms with Crippen molar-refractivity contribution in [2.45, 2.75) is 32.4 Å². The van der Waals surface area contributed by atoms with Crippen molar-refractivity contribution >= 4 is 0 Å². The fourth-order valence-electron chi connectivity index (χ4n) is 1.90. The van der Waals surface area contributed by atoms with Crippen LogP contribution in [0.15, 0.2) is 12.1 Å². The van der Waals surface area contributed by atoms with Crippen LogP contribution in [-0.2, 0) is 0 Å². The number of hydrogen-bond donors (Lipinski definition) is 3. The first-order valence-corrected chi connectivity index (χ1v) is 5.71. The van der Waals surface area contributed by atoms with Crippen LogP contribution < -0.4 is 10.5 Å². The van der Waals surface area contributed by atoms with Crippen LogP contribution in [0.3, 0.4) is 0 Å². The Morgan fingerprint density at radius 3 is 2.47 bits per heavy atom. The molecule has 0 aliphatic rings. The summed E-state index contributed by atoms with van der Waals surface area (Å²) in [5, 5.41) is 18.9. The number of methoxy groups -OCH3 is 1. The molecule has 0 radical (unpaired) electrons. The molecule has 0 heterocycles. The van der Waals surface area contributed by atoms with Crippen LogP contribution in [0.25, 0.3) is 0 Å². The first-order chi connectivity index (χ1) is 8.02. The van der Waals surface area contributed by atoms with Crippen molar-refractivity contribution in [1.82, 2.24) is 0 Å². The minimum atomic E-state index is -0.758. The minimum Gasteiger partial charge on any atom is -0.496 e. The highest BCUT2D eigenvalue weighted by Gasteiger charge is 2.19. The second-order valence-corrected chi connectivity index (χ2v) is 4.23. The van der Waals surface area contributed by atoms with Gasteiger partial charge in [0.2, 0.25) is 0 Å². The van der Waals surface area contributed by atoms with E-state index in [9.17, 15) is 5.11 Å². The molecule has 0 spiro atoms. The number of rotatable bonds is 5. The Kier molecular flexibility index (Phi) is 4.93. The first kappa shape index (κ1) is 14.0. The Morgan fingerprint density at radius 1 is 1.29 bits per heavy atom. The molecule has 1 aromatic carbocycles. The average Bonchev–Trinajstić information content (AvgIpc) is 2.32. The van der Waals surface area contributed by atoms with E-state index < -0.39 is 12.1 Å². The van der Waals surface area contributed by atoms with Gasteiger partial charge in [-0.2, -0.15) is 0 Å². The van der Waals surface area contributed by atoms with Gasteiger partial charge in [0.15, 0.2) is 0 Å². The van der Waals surface area contributed by atoms with Crippen LogP contribution in [0.2, 0.25) is 0 Å². The van der Waals surface area contributed by atoms with Crippen molar-refractivity contribution in [2.24, 2.45) is 5.73 Å². The van der Waals surface area contributed by atoms with Crippen molar-refractivity contribution in [2.75, 3.05) is 13.7 Å². The van der Waals surface area contributed by atoms with Gasteiger partial charge in [0.1, 0.15) is 5.75 Å². The molecule has 4 heteroatoms. The van der Waals surface area contributed by atoms with Gasteiger partial charge in [-0.3, -0.25) is 0 Å². The molecule has 4 nitrogen and oxygen atoms in total. The van der Waals surface area contributed by atoms with Gasteiger partial charge in [0, 0.05) is 12.6 Å². The number of hydrogen-bond acceptors (Lipinski definition) is 4. The Labute approximate surface area is 102 Å². The molecule has 96 valence electrons. The van der Waals surface area contributed by atoms with Crippen molar-refractivity contribution < 1.29 is 14.9 Å². The molecule has 2 atom stereocenters. The monoisotopic (exact) mass is 239 g/mol. The molecule has 17 heavy (non-hydrogen) atoms. The third-order valence-corrected chi connectivity index (χ3v) is 3.19. The molecular weight excluding hydrogens is 218 g/mol. The van der Waals surface area contributed by atoms with Crippen LogP contribution in [0.1, 0.15) is 29.2 Å². The number of aliphatic hydroxyl groups is 2. The summed E-state index contributed by atoms with van der Waals surface area (Å²) >= 11 is 0. The van der Waals surface area contributed by atoms with Gasteiger partial charge in [0.25, 0.3) is 0 Å². The summed E-state index contributed by atoms with van der Waals surface area (Å²) in [5.41, 5.74) is 8.58. The Hall–Kier alpha value is -1.10. The topological polar surface area (TPSA) is 75.7 Å². The van der Waals surface area contributed by atoms with E-state index in [1.807, 2.05) is 26.0 Å². The summed E-state index contributed by atoms with van der Waals surface area (Å²) < 4.78 is 5.22. The zero-order valence-corrected chi connectivity index (χ0v) is 10.6. The highest BCUT2D eigenvalue weighted by Crippen LogP contribution is 2.29. The van der Waals surface area contributed by atoms with Crippen LogP contribution >= 0.6 is 0 Å². The molecule has 2 unspecified atom stereocenters. The molecule has 0 saturated heterocycles. The van der Waals surface area contributed by atoms with Gasteiger partial charge in [0.05, 0.1) is 13.2 Å². The largest absolute Gasteiger partial charge is 0.496 e. The van der Waals surface area contributed by atoms with E-state index in [0.29, 0.717) is 6.42 Å². The Balaban J connectivity index is 3.03. The number of nitrogens with two attached hydrogens (primary N) is 1. The van der Waals surface area contributed by atoms with E-state index >= 15 is 0 Å². The standard InChI is InChI=1S/C13H21NO3/c1-8-9(2)12(17-3)5-4-10(8)13(16)11(14)6-7-15/h4-5,11,13,15-16H,6-7,14H2,1-3H3. The molecule has 1 aromatic rings. The summed E-state index contributed by atoms with van der Waals surface area (Å²) in [6.45, 7) is 3.86. The van der Waals surface area contributed by atoms with Gasteiger partial charge in [-0.1, -0.05) is 6.07 Å². The van der Waals surface area contributed by atoms with E-state index in [-0.39, 0.29) is 6.61 Å². The number of benzene rings is 1. The van der Waals surface area contributed by atoms with E-state index in [2.05, 4.69) is 0 Å². The minimum absolute atomic E-state index is 0.0214. The van der Waals surface area contributed by atoms with E-state index in [1.165, 1.54) is 0 Å². The van der Waals surface area contributed by atoms with Gasteiger partial charge >= 0.3 is 0 Å². The number of aliphatic hydroxyl groups excluding tert-OH is 2. The molecule has 0 amide bonds. The molecule has 0 aliphatic carbocycles. The summed E-state index contributed by atoms with van der Waals surface area (Å²) in [5.74, 6) is 0.800. The molecule has 0 saturated carbocycles. The normalized spacial score (nSPS) is 14.5. The molecular formula is C13H21NO3. The van der Waals surface area contributed by atoms with Crippen molar-refractivity contribution in [1.29, 1.82) is 0 Å². The Morgan fingerprint density at radius 2 is 1.94 bits per heavy atom. The lowest BCUT2D eigenvalue weighted by Gasteiger charge is -2.22. The molecule has 0 aliphatic heterocycles. The maximum absolute atomic E-state index is 10.1. The second kappa shape index (κ2) is 6.00. The van der Waals surface area contributed by atoms with Crippen LogP contribution in [0.5, 0.6) is 5.75 Å². The average molecular weight is 239 g/mol. The van der Waals surface area contributed by atoms with E-state index in [4.69, 9.17) is 15.6 Å². The SMILES string of the molecule is COc1ccc(C(O)C(N)CCO)c(C)c1C. The van der Waals surface area contributed by atoms with Crippen molar-refractivity contribution in [3.05, 3.63) is 28.8 Å². The molecule has 0 fully saturated rings. The van der Waals surface area contributed by atoms with Gasteiger partial charge in [-0.15, -0.1) is 0 Å². The third-order valence-electron chi connectivity index (χ3n) is 3.19. The first-order valence-electron chi connectivity index (χ1n) is 5.71. The maximum atomic E-state index is 10.1. The van der Waals surface area contributed by atoms with Crippen molar-refractivity contribution in [3.8, 4) is 5.75 Å². The lowest BCUT2D eigenvalue weighted by molar-refractivity contribution is 0.128. The molecule has 0 aromatic heterocycles. The summed E-state index contributed by atoms with van der Waals surface area (Å²) in [6, 6.07) is 3.20. The van der Waals surface area contributed by atoms with Crippen molar-refractivity contribution in [3.63, 3.8) is 0 Å². The fourth-order valence-corrected chi connectivity index (χ4v) is 1.90. The van der Waals surface area contributed by atoms with Crippen LogP contribution in [0, 0.1) is 13.8 Å². The number of ether oxygens (including phenoxy) is 1. The highest BCUT2D eigenvalue weighted by molar-refractivity contribution is 5.44. The lowest BCUT2D eigenvalue weighted by Crippen LogP contribution is -2.29. The molecule has 0 bridgehead atoms. The molecule has 4 N–H and O–H groups in total. The zero-order chi connectivity index (χ0) is 13.0. The van der Waals surface area contributed by atoms with E-state index in [1.54, 1.807) is 7.11 Å². The van der Waals surface area contributed by atoms with Crippen LogP contribution in [-0.4, -0.2) is 30.0 Å². The highest BCUT2D eigenvalue weighted by atomic mass is 16.5. The van der Waals surface area contributed by atoms with Gasteiger partial charge in [-0.25, -0.2) is 0 Å². The van der Waals surface area contributed by atoms with Gasteiger partial charge in [-0.05, 0) is 43.0 Å². The lowest BCUT2D eigenvalue weighted by atomic mass is 9.93. The van der Waals surface area contributed by atoms with Crippen LogP contribution in [0.4, 0.5) is 0 Å². The predicted octanol–water partition coefficient (Wildman–Crippen LogP) is 1.06. The summed E-state index contributed by atoms with van der Waals surface area (Å²) in [7, 11) is 1.62. The smallest absolute Gasteiger partial charge is 0.122 e.